The van der Waals surface area contributed by atoms with Crippen molar-refractivity contribution < 1.29 is 13.9 Å². The van der Waals surface area contributed by atoms with Crippen LogP contribution in [0.2, 0.25) is 0 Å². The molecule has 162 valence electrons. The Balaban J connectivity index is 1.38. The van der Waals surface area contributed by atoms with Crippen molar-refractivity contribution in [1.29, 1.82) is 0 Å². The number of esters is 1. The second-order valence-corrected chi connectivity index (χ2v) is 8.47. The standard InChI is InChI=1S/C26H30N2O3/c1-19-14-27(16-22-5-4-6-24(13-22)25-11-12-31-18-25)15-20(2)28(19)17-21-7-9-23(10-8-21)26(29)30-3/h4-13,18-20H,14-17H2,1-3H3/t19-,20+. The van der Waals surface area contributed by atoms with E-state index in [1.54, 1.807) is 12.5 Å². The van der Waals surface area contributed by atoms with E-state index in [1.165, 1.54) is 23.8 Å². The molecule has 2 heterocycles. The van der Waals surface area contributed by atoms with Crippen molar-refractivity contribution in [2.45, 2.75) is 39.0 Å². The zero-order valence-corrected chi connectivity index (χ0v) is 18.5. The Morgan fingerprint density at radius 1 is 0.968 bits per heavy atom. The molecule has 0 saturated carbocycles. The number of hydrogen-bond donors (Lipinski definition) is 0. The molecule has 0 amide bonds. The molecule has 0 unspecified atom stereocenters. The van der Waals surface area contributed by atoms with Gasteiger partial charge >= 0.3 is 5.97 Å². The molecule has 1 aliphatic rings. The second kappa shape index (κ2) is 9.50. The van der Waals surface area contributed by atoms with Gasteiger partial charge in [0.1, 0.15) is 0 Å². The lowest BCUT2D eigenvalue weighted by atomic mass is 10.0. The fourth-order valence-electron chi connectivity index (χ4n) is 4.52. The molecule has 0 N–H and O–H groups in total. The van der Waals surface area contributed by atoms with Crippen molar-refractivity contribution in [1.82, 2.24) is 9.80 Å². The first-order valence-electron chi connectivity index (χ1n) is 10.8. The van der Waals surface area contributed by atoms with E-state index >= 15 is 0 Å². The molecule has 3 aromatic rings. The summed E-state index contributed by atoms with van der Waals surface area (Å²) >= 11 is 0. The summed E-state index contributed by atoms with van der Waals surface area (Å²) in [4.78, 5) is 16.7. The van der Waals surface area contributed by atoms with Crippen molar-refractivity contribution >= 4 is 5.97 Å². The molecule has 31 heavy (non-hydrogen) atoms. The van der Waals surface area contributed by atoms with E-state index in [1.807, 2.05) is 30.3 Å². The van der Waals surface area contributed by atoms with Gasteiger partial charge in [-0.15, -0.1) is 0 Å². The number of ether oxygens (including phenoxy) is 1. The summed E-state index contributed by atoms with van der Waals surface area (Å²) in [6.45, 7) is 8.48. The van der Waals surface area contributed by atoms with Crippen LogP contribution in [-0.2, 0) is 17.8 Å². The summed E-state index contributed by atoms with van der Waals surface area (Å²) in [6.07, 6.45) is 3.51. The number of nitrogens with zero attached hydrogens (tertiary/aromatic N) is 2. The lowest BCUT2D eigenvalue weighted by molar-refractivity contribution is 0.0290. The van der Waals surface area contributed by atoms with Crippen LogP contribution >= 0.6 is 0 Å². The summed E-state index contributed by atoms with van der Waals surface area (Å²) < 4.78 is 10.0. The van der Waals surface area contributed by atoms with Crippen LogP contribution in [0.4, 0.5) is 0 Å². The minimum Gasteiger partial charge on any atom is -0.472 e. The van der Waals surface area contributed by atoms with Gasteiger partial charge < -0.3 is 9.15 Å². The highest BCUT2D eigenvalue weighted by atomic mass is 16.5. The van der Waals surface area contributed by atoms with E-state index < -0.39 is 0 Å². The highest BCUT2D eigenvalue weighted by Gasteiger charge is 2.29. The molecule has 0 aliphatic carbocycles. The van der Waals surface area contributed by atoms with Gasteiger partial charge in [0.2, 0.25) is 0 Å². The van der Waals surface area contributed by atoms with Crippen molar-refractivity contribution in [2.24, 2.45) is 0 Å². The van der Waals surface area contributed by atoms with Crippen LogP contribution in [0.3, 0.4) is 0 Å². The third kappa shape index (κ3) is 5.06. The maximum atomic E-state index is 11.6. The molecule has 0 radical (unpaired) electrons. The fraction of sp³-hybridized carbons (Fsp3) is 0.346. The van der Waals surface area contributed by atoms with Gasteiger partial charge in [-0.1, -0.05) is 30.3 Å². The third-order valence-electron chi connectivity index (χ3n) is 6.11. The maximum Gasteiger partial charge on any atom is 0.337 e. The summed E-state index contributed by atoms with van der Waals surface area (Å²) in [5.41, 5.74) is 5.44. The molecule has 1 aromatic heterocycles. The van der Waals surface area contributed by atoms with Crippen LogP contribution in [-0.4, -0.2) is 48.1 Å². The van der Waals surface area contributed by atoms with Crippen molar-refractivity contribution in [2.75, 3.05) is 20.2 Å². The van der Waals surface area contributed by atoms with Crippen molar-refractivity contribution in [3.8, 4) is 11.1 Å². The zero-order valence-electron chi connectivity index (χ0n) is 18.5. The molecule has 5 heteroatoms. The van der Waals surface area contributed by atoms with Crippen molar-refractivity contribution in [3.63, 3.8) is 0 Å². The monoisotopic (exact) mass is 418 g/mol. The zero-order chi connectivity index (χ0) is 21.8. The number of rotatable bonds is 6. The summed E-state index contributed by atoms with van der Waals surface area (Å²) in [6, 6.07) is 19.4. The minimum atomic E-state index is -0.293. The molecule has 1 aliphatic heterocycles. The average molecular weight is 419 g/mol. The molecule has 1 fully saturated rings. The molecular formula is C26H30N2O3. The average Bonchev–Trinajstić information content (AvgIpc) is 3.31. The summed E-state index contributed by atoms with van der Waals surface area (Å²) in [5.74, 6) is -0.293. The molecule has 5 nitrogen and oxygen atoms in total. The van der Waals surface area contributed by atoms with E-state index in [2.05, 4.69) is 47.9 Å². The number of carbonyl (C=O) groups excluding carboxylic acids is 1. The number of piperazine rings is 1. The van der Waals surface area contributed by atoms with Crippen LogP contribution in [0.5, 0.6) is 0 Å². The Bertz CT molecular complexity index is 986. The van der Waals surface area contributed by atoms with Crippen LogP contribution in [0.25, 0.3) is 11.1 Å². The highest BCUT2D eigenvalue weighted by Crippen LogP contribution is 2.24. The minimum absolute atomic E-state index is 0.293. The molecule has 2 aromatic carbocycles. The SMILES string of the molecule is COC(=O)c1ccc(CN2[C@H](C)CN(Cc3cccc(-c4ccoc4)c3)C[C@@H]2C)cc1. The maximum absolute atomic E-state index is 11.6. The number of furan rings is 1. The predicted molar refractivity (Wildman–Crippen MR) is 122 cm³/mol. The van der Waals surface area contributed by atoms with Crippen LogP contribution in [0.15, 0.2) is 71.5 Å². The Labute approximate surface area is 184 Å². The Kier molecular flexibility index (Phi) is 6.54. The van der Waals surface area contributed by atoms with E-state index in [-0.39, 0.29) is 5.97 Å². The van der Waals surface area contributed by atoms with Gasteiger partial charge in [0, 0.05) is 43.8 Å². The largest absolute Gasteiger partial charge is 0.472 e. The summed E-state index contributed by atoms with van der Waals surface area (Å²) in [5, 5.41) is 0. The first kappa shape index (κ1) is 21.3. The molecule has 0 spiro atoms. The fourth-order valence-corrected chi connectivity index (χ4v) is 4.52. The van der Waals surface area contributed by atoms with Gasteiger partial charge in [-0.2, -0.15) is 0 Å². The van der Waals surface area contributed by atoms with Gasteiger partial charge in [-0.25, -0.2) is 4.79 Å². The first-order chi connectivity index (χ1) is 15.0. The van der Waals surface area contributed by atoms with Crippen LogP contribution in [0.1, 0.15) is 35.3 Å². The molecular weight excluding hydrogens is 388 g/mol. The van der Waals surface area contributed by atoms with E-state index in [0.29, 0.717) is 17.6 Å². The van der Waals surface area contributed by atoms with Gasteiger partial charge in [0.15, 0.2) is 0 Å². The van der Waals surface area contributed by atoms with Gasteiger partial charge in [-0.3, -0.25) is 9.80 Å². The Morgan fingerprint density at radius 3 is 2.35 bits per heavy atom. The predicted octanol–water partition coefficient (Wildman–Crippen LogP) is 4.83. The molecule has 0 bridgehead atoms. The lowest BCUT2D eigenvalue weighted by Crippen LogP contribution is -2.55. The number of benzene rings is 2. The Morgan fingerprint density at radius 2 is 1.71 bits per heavy atom. The Hall–Kier alpha value is -2.89. The second-order valence-electron chi connectivity index (χ2n) is 8.47. The van der Waals surface area contributed by atoms with E-state index in [9.17, 15) is 4.79 Å². The quantitative estimate of drug-likeness (QED) is 0.537. The van der Waals surface area contributed by atoms with Gasteiger partial charge in [0.05, 0.1) is 25.2 Å². The lowest BCUT2D eigenvalue weighted by Gasteiger charge is -2.44. The highest BCUT2D eigenvalue weighted by molar-refractivity contribution is 5.89. The number of methoxy groups -OCH3 is 1. The smallest absolute Gasteiger partial charge is 0.337 e. The topological polar surface area (TPSA) is 45.9 Å². The van der Waals surface area contributed by atoms with E-state index in [4.69, 9.17) is 9.15 Å². The number of carbonyl (C=O) groups is 1. The van der Waals surface area contributed by atoms with Crippen molar-refractivity contribution in [3.05, 3.63) is 83.8 Å². The molecule has 4 rings (SSSR count). The molecule has 2 atom stereocenters. The first-order valence-corrected chi connectivity index (χ1v) is 10.8. The number of hydrogen-bond acceptors (Lipinski definition) is 5. The van der Waals surface area contributed by atoms with E-state index in [0.717, 1.165) is 31.7 Å². The third-order valence-corrected chi connectivity index (χ3v) is 6.11. The van der Waals surface area contributed by atoms with Crippen LogP contribution < -0.4 is 0 Å². The van der Waals surface area contributed by atoms with Gasteiger partial charge in [-0.05, 0) is 54.8 Å². The van der Waals surface area contributed by atoms with Gasteiger partial charge in [0.25, 0.3) is 0 Å². The summed E-state index contributed by atoms with van der Waals surface area (Å²) in [7, 11) is 1.41. The molecule has 1 saturated heterocycles. The van der Waals surface area contributed by atoms with Crippen LogP contribution in [0, 0.1) is 0 Å². The normalized spacial score (nSPS) is 20.0.